The van der Waals surface area contributed by atoms with E-state index in [1.54, 1.807) is 18.2 Å². The third kappa shape index (κ3) is 8.97. The largest absolute Gasteiger partial charge is 0.573 e. The zero-order chi connectivity index (χ0) is 35.9. The Kier molecular flexibility index (Phi) is 12.9. The van der Waals surface area contributed by atoms with Gasteiger partial charge in [-0.1, -0.05) is 17.7 Å². The molecule has 0 fully saturated rings. The van der Waals surface area contributed by atoms with Crippen molar-refractivity contribution in [2.75, 3.05) is 52.9 Å². The molecule has 0 spiro atoms. The summed E-state index contributed by atoms with van der Waals surface area (Å²) in [5.41, 5.74) is -0.582. The van der Waals surface area contributed by atoms with Crippen molar-refractivity contribution >= 4 is 65.2 Å². The molecule has 15 nitrogen and oxygen atoms in total. The van der Waals surface area contributed by atoms with E-state index >= 15 is 0 Å². The van der Waals surface area contributed by atoms with Crippen LogP contribution in [-0.4, -0.2) is 94.7 Å². The number of amides is 4. The summed E-state index contributed by atoms with van der Waals surface area (Å²) >= 11 is 6.93. The highest BCUT2D eigenvalue weighted by Gasteiger charge is 2.55. The predicted molar refractivity (Wildman–Crippen MR) is 166 cm³/mol. The summed E-state index contributed by atoms with van der Waals surface area (Å²) in [6.45, 7) is -3.65. The van der Waals surface area contributed by atoms with E-state index in [9.17, 15) is 36.9 Å². The first-order valence-corrected chi connectivity index (χ1v) is 16.8. The Labute approximate surface area is 280 Å². The molecular weight excluding hydrogens is 712 g/mol. The molecule has 1 N–H and O–H groups in total. The first-order valence-electron chi connectivity index (χ1n) is 13.3. The predicted octanol–water partition coefficient (Wildman–Crippen LogP) is 4.96. The number of alkyl halides is 3. The SMILES string of the molecule is CNC(=O)CSP(=O)(OC)OC.COC(=O)N(C(=O)N1CO[C@@]2(C(=O)OC)Cc3cc(Cl)ccc3C2=N1)c1ccc(OC(F)(F)F)cc1. The maximum atomic E-state index is 13.3. The minimum atomic E-state index is -4.92. The number of benzene rings is 2. The van der Waals surface area contributed by atoms with E-state index in [0.29, 0.717) is 21.0 Å². The molecule has 0 bridgehead atoms. The number of nitrogens with one attached hydrogen (secondary N) is 1. The molecule has 4 rings (SSSR count). The third-order valence-electron chi connectivity index (χ3n) is 6.49. The lowest BCUT2D eigenvalue weighted by Crippen LogP contribution is -2.56. The number of imide groups is 1. The number of anilines is 1. The zero-order valence-electron chi connectivity index (χ0n) is 25.9. The molecule has 0 aromatic heterocycles. The average molecular weight is 741 g/mol. The van der Waals surface area contributed by atoms with Crippen LogP contribution < -0.4 is 15.0 Å². The standard InChI is InChI=1S/C22H17ClF3N3O7.C5H12NO4PS/c1-33-18(30)21-10-12-9-13(23)3-8-16(12)17(21)27-28(11-35-21)19(31)29(20(32)34-2)14-4-6-15(7-5-14)36-22(24,25)26;1-6-5(7)4-12-11(8,9-2)10-3/h3-9H,10-11H2,1-2H3;4H2,1-3H3,(H,6,7)/t21-;/m0./s1. The Morgan fingerprint density at radius 1 is 1.08 bits per heavy atom. The molecular formula is C27H29ClF3N4O11PS. The molecule has 48 heavy (non-hydrogen) atoms. The molecule has 2 aromatic rings. The van der Waals surface area contributed by atoms with Gasteiger partial charge in [-0.15, -0.1) is 13.2 Å². The van der Waals surface area contributed by atoms with Crippen molar-refractivity contribution in [2.24, 2.45) is 5.10 Å². The van der Waals surface area contributed by atoms with Gasteiger partial charge in [0.2, 0.25) is 11.5 Å². The van der Waals surface area contributed by atoms with Crippen LogP contribution in [0.15, 0.2) is 47.6 Å². The number of hydrogen-bond acceptors (Lipinski definition) is 13. The fraction of sp³-hybridized carbons (Fsp3) is 0.370. The topological polar surface area (TPSA) is 172 Å². The van der Waals surface area contributed by atoms with E-state index in [2.05, 4.69) is 28.9 Å². The van der Waals surface area contributed by atoms with Crippen LogP contribution in [0.3, 0.4) is 0 Å². The van der Waals surface area contributed by atoms with Crippen LogP contribution in [0.1, 0.15) is 11.1 Å². The van der Waals surface area contributed by atoms with Crippen molar-refractivity contribution in [2.45, 2.75) is 18.4 Å². The van der Waals surface area contributed by atoms with E-state index in [1.807, 2.05) is 0 Å². The van der Waals surface area contributed by atoms with Crippen LogP contribution in [0.2, 0.25) is 5.02 Å². The number of halogens is 4. The van der Waals surface area contributed by atoms with Gasteiger partial charge in [-0.2, -0.15) is 15.0 Å². The fourth-order valence-electron chi connectivity index (χ4n) is 4.26. The van der Waals surface area contributed by atoms with Gasteiger partial charge in [-0.3, -0.25) is 4.79 Å². The van der Waals surface area contributed by atoms with Crippen LogP contribution in [-0.2, 0) is 43.8 Å². The number of ether oxygens (including phenoxy) is 4. The molecule has 0 saturated heterocycles. The molecule has 1 heterocycles. The zero-order valence-corrected chi connectivity index (χ0v) is 28.3. The van der Waals surface area contributed by atoms with Gasteiger partial charge in [-0.25, -0.2) is 18.9 Å². The quantitative estimate of drug-likeness (QED) is 0.285. The second kappa shape index (κ2) is 16.0. The van der Waals surface area contributed by atoms with E-state index < -0.39 is 49.3 Å². The summed E-state index contributed by atoms with van der Waals surface area (Å²) in [4.78, 5) is 49.7. The van der Waals surface area contributed by atoms with Crippen LogP contribution in [0.5, 0.6) is 5.75 Å². The van der Waals surface area contributed by atoms with Gasteiger partial charge in [-0.05, 0) is 53.3 Å². The molecule has 1 aliphatic heterocycles. The number of esters is 1. The number of carbonyl (C=O) groups excluding carboxylic acids is 4. The van der Waals surface area contributed by atoms with Crippen molar-refractivity contribution in [3.05, 3.63) is 58.6 Å². The van der Waals surface area contributed by atoms with Crippen molar-refractivity contribution in [1.82, 2.24) is 10.3 Å². The van der Waals surface area contributed by atoms with Gasteiger partial charge < -0.3 is 33.3 Å². The number of carbonyl (C=O) groups is 4. The summed E-state index contributed by atoms with van der Waals surface area (Å²) in [5, 5.41) is 7.88. The molecule has 21 heteroatoms. The number of nitrogens with zero attached hydrogens (tertiary/aromatic N) is 3. The molecule has 0 saturated carbocycles. The van der Waals surface area contributed by atoms with E-state index in [0.717, 1.165) is 47.8 Å². The highest BCUT2D eigenvalue weighted by Crippen LogP contribution is 2.59. The van der Waals surface area contributed by atoms with Gasteiger partial charge in [0.15, 0.2) is 0 Å². The number of fused-ring (bicyclic) bond motifs is 3. The highest BCUT2D eigenvalue weighted by atomic mass is 35.5. The lowest BCUT2D eigenvalue weighted by Gasteiger charge is -2.35. The third-order valence-corrected chi connectivity index (χ3v) is 10.6. The first kappa shape index (κ1) is 38.6. The lowest BCUT2D eigenvalue weighted by atomic mass is 9.97. The van der Waals surface area contributed by atoms with E-state index in [1.165, 1.54) is 28.4 Å². The van der Waals surface area contributed by atoms with Crippen molar-refractivity contribution < 1.29 is 64.9 Å². The second-order valence-corrected chi connectivity index (χ2v) is 14.0. The number of urea groups is 1. The van der Waals surface area contributed by atoms with Gasteiger partial charge >= 0.3 is 31.3 Å². The number of methoxy groups -OCH3 is 2. The van der Waals surface area contributed by atoms with Gasteiger partial charge in [0.25, 0.3) is 0 Å². The Morgan fingerprint density at radius 2 is 1.73 bits per heavy atom. The monoisotopic (exact) mass is 740 g/mol. The highest BCUT2D eigenvalue weighted by molar-refractivity contribution is 8.55. The summed E-state index contributed by atoms with van der Waals surface area (Å²) in [7, 11) is 6.26. The van der Waals surface area contributed by atoms with Crippen LogP contribution in [0, 0.1) is 0 Å². The number of rotatable bonds is 8. The number of hydrazone groups is 1. The van der Waals surface area contributed by atoms with Crippen LogP contribution in [0.25, 0.3) is 0 Å². The second-order valence-electron chi connectivity index (χ2n) is 9.31. The van der Waals surface area contributed by atoms with Crippen molar-refractivity contribution in [3.63, 3.8) is 0 Å². The Balaban J connectivity index is 0.000000444. The van der Waals surface area contributed by atoms with Gasteiger partial charge in [0.05, 0.1) is 25.7 Å². The molecule has 0 radical (unpaired) electrons. The van der Waals surface area contributed by atoms with E-state index in [4.69, 9.17) is 21.1 Å². The Morgan fingerprint density at radius 3 is 2.27 bits per heavy atom. The molecule has 2 aliphatic rings. The summed E-state index contributed by atoms with van der Waals surface area (Å²) in [6, 6.07) is 7.70. The summed E-state index contributed by atoms with van der Waals surface area (Å²) in [5.74, 6) is -1.45. The van der Waals surface area contributed by atoms with E-state index in [-0.39, 0.29) is 29.5 Å². The summed E-state index contributed by atoms with van der Waals surface area (Å²) < 4.78 is 77.1. The minimum absolute atomic E-state index is 0.0534. The first-order chi connectivity index (χ1) is 22.6. The fourth-order valence-corrected chi connectivity index (χ4v) is 6.69. The summed E-state index contributed by atoms with van der Waals surface area (Å²) in [6.07, 6.45) is -6.01. The van der Waals surface area contributed by atoms with Crippen LogP contribution >= 0.6 is 29.8 Å². The number of hydrogen-bond donors (Lipinski definition) is 1. The van der Waals surface area contributed by atoms with Gasteiger partial charge in [0, 0.05) is 38.3 Å². The van der Waals surface area contributed by atoms with Crippen LogP contribution in [0.4, 0.5) is 28.4 Å². The van der Waals surface area contributed by atoms with Crippen molar-refractivity contribution in [3.8, 4) is 5.75 Å². The molecule has 0 unspecified atom stereocenters. The minimum Gasteiger partial charge on any atom is -0.467 e. The maximum absolute atomic E-state index is 13.3. The molecule has 4 amide bonds. The maximum Gasteiger partial charge on any atom is 0.573 e. The smallest absolute Gasteiger partial charge is 0.467 e. The molecule has 262 valence electrons. The molecule has 1 aliphatic carbocycles. The van der Waals surface area contributed by atoms with Gasteiger partial charge in [0.1, 0.15) is 18.2 Å². The molecule has 1 atom stereocenters. The Hall–Kier alpha value is -3.87. The lowest BCUT2D eigenvalue weighted by molar-refractivity contribution is -0.274. The molecule has 2 aromatic carbocycles. The average Bonchev–Trinajstić information content (AvgIpc) is 3.40. The van der Waals surface area contributed by atoms with Crippen molar-refractivity contribution in [1.29, 1.82) is 0 Å². The normalized spacial score (nSPS) is 16.7. The Bertz CT molecular complexity index is 1610.